The van der Waals surface area contributed by atoms with Gasteiger partial charge in [0, 0.05) is 7.11 Å². The Morgan fingerprint density at radius 1 is 0.520 bits per heavy atom. The van der Waals surface area contributed by atoms with Crippen LogP contribution in [0.1, 0.15) is 27.0 Å². The van der Waals surface area contributed by atoms with E-state index in [0.29, 0.717) is 25.4 Å². The molecule has 3 fully saturated rings. The first kappa shape index (κ1) is 34.5. The van der Waals surface area contributed by atoms with Gasteiger partial charge in [0.1, 0.15) is 49.3 Å². The van der Waals surface area contributed by atoms with E-state index in [0.717, 1.165) is 16.7 Å². The number of fused-ring (bicyclic) bond motifs is 1. The Morgan fingerprint density at radius 2 is 1.02 bits per heavy atom. The van der Waals surface area contributed by atoms with Crippen LogP contribution in [0.4, 0.5) is 0 Å². The van der Waals surface area contributed by atoms with E-state index >= 15 is 0 Å². The molecule has 4 aromatic rings. The first-order valence-corrected chi connectivity index (χ1v) is 17.0. The van der Waals surface area contributed by atoms with Gasteiger partial charge in [0.15, 0.2) is 12.6 Å². The fraction of sp³-hybridized carbons (Fsp3) is 0.375. The zero-order chi connectivity index (χ0) is 34.1. The monoisotopic (exact) mass is 682 g/mol. The first-order chi connectivity index (χ1) is 24.7. The van der Waals surface area contributed by atoms with Crippen molar-refractivity contribution in [2.75, 3.05) is 20.3 Å². The van der Waals surface area contributed by atoms with Crippen molar-refractivity contribution in [3.05, 3.63) is 144 Å². The number of carbonyl (C=O) groups excluding carboxylic acids is 1. The fourth-order valence-electron chi connectivity index (χ4n) is 6.32. The summed E-state index contributed by atoms with van der Waals surface area (Å²) in [6, 6.07) is 38.7. The molecule has 7 rings (SSSR count). The maximum Gasteiger partial charge on any atom is 0.338 e. The van der Waals surface area contributed by atoms with Gasteiger partial charge in [0.2, 0.25) is 0 Å². The van der Waals surface area contributed by atoms with E-state index in [4.69, 9.17) is 42.6 Å². The number of hydrogen-bond donors (Lipinski definition) is 0. The molecule has 0 spiro atoms. The van der Waals surface area contributed by atoms with Gasteiger partial charge in [-0.05, 0) is 28.8 Å². The summed E-state index contributed by atoms with van der Waals surface area (Å²) >= 11 is 0. The molecule has 0 N–H and O–H groups in total. The minimum Gasteiger partial charge on any atom is -0.459 e. The highest BCUT2D eigenvalue weighted by molar-refractivity contribution is 5.89. The van der Waals surface area contributed by atoms with Crippen molar-refractivity contribution in [1.82, 2.24) is 0 Å². The van der Waals surface area contributed by atoms with Gasteiger partial charge in [-0.2, -0.15) is 0 Å². The summed E-state index contributed by atoms with van der Waals surface area (Å²) in [5.41, 5.74) is 3.51. The lowest BCUT2D eigenvalue weighted by Crippen LogP contribution is -2.61. The van der Waals surface area contributed by atoms with Gasteiger partial charge >= 0.3 is 5.97 Å². The lowest BCUT2D eigenvalue weighted by atomic mass is 9.97. The summed E-state index contributed by atoms with van der Waals surface area (Å²) < 4.78 is 56.1. The van der Waals surface area contributed by atoms with Crippen LogP contribution in [-0.2, 0) is 62.5 Å². The minimum absolute atomic E-state index is 0.0546. The predicted octanol–water partition coefficient (Wildman–Crippen LogP) is 5.48. The third-order valence-corrected chi connectivity index (χ3v) is 9.00. The van der Waals surface area contributed by atoms with Crippen molar-refractivity contribution in [3.8, 4) is 0 Å². The molecule has 3 heterocycles. The molecule has 3 aliphatic heterocycles. The van der Waals surface area contributed by atoms with E-state index in [-0.39, 0.29) is 25.4 Å². The van der Waals surface area contributed by atoms with Crippen LogP contribution in [0.3, 0.4) is 0 Å². The maximum atomic E-state index is 12.5. The molecule has 4 aromatic carbocycles. The van der Waals surface area contributed by atoms with Gasteiger partial charge in [-0.1, -0.05) is 109 Å². The highest BCUT2D eigenvalue weighted by Crippen LogP contribution is 2.40. The number of benzene rings is 4. The number of epoxide rings is 1. The number of hydrogen-bond acceptors (Lipinski definition) is 10. The van der Waals surface area contributed by atoms with Crippen molar-refractivity contribution < 1.29 is 47.4 Å². The van der Waals surface area contributed by atoms with Crippen LogP contribution in [0.25, 0.3) is 0 Å². The van der Waals surface area contributed by atoms with Crippen LogP contribution in [0.5, 0.6) is 0 Å². The van der Waals surface area contributed by atoms with E-state index in [2.05, 4.69) is 0 Å². The van der Waals surface area contributed by atoms with E-state index in [9.17, 15) is 4.79 Å². The Labute approximate surface area is 292 Å². The molecule has 0 saturated carbocycles. The summed E-state index contributed by atoms with van der Waals surface area (Å²) in [6.45, 7) is 1.14. The molecule has 50 heavy (non-hydrogen) atoms. The van der Waals surface area contributed by atoms with Crippen LogP contribution in [-0.4, -0.2) is 81.6 Å². The number of carbonyl (C=O) groups is 1. The van der Waals surface area contributed by atoms with Gasteiger partial charge in [0.25, 0.3) is 0 Å². The Bertz CT molecular complexity index is 1610. The molecule has 0 unspecified atom stereocenters. The Morgan fingerprint density at radius 3 is 1.58 bits per heavy atom. The zero-order valence-electron chi connectivity index (χ0n) is 27.9. The normalized spacial score (nSPS) is 28.5. The summed E-state index contributed by atoms with van der Waals surface area (Å²) in [4.78, 5) is 12.5. The van der Waals surface area contributed by atoms with Crippen molar-refractivity contribution in [2.45, 2.75) is 75.1 Å². The minimum atomic E-state index is -0.774. The average Bonchev–Trinajstić information content (AvgIpc) is 3.90. The molecule has 0 bridgehead atoms. The van der Waals surface area contributed by atoms with Gasteiger partial charge in [0.05, 0.1) is 32.0 Å². The number of methoxy groups -OCH3 is 1. The lowest BCUT2D eigenvalue weighted by Gasteiger charge is -2.45. The topological polar surface area (TPSA) is 103 Å². The molecule has 0 amide bonds. The molecule has 262 valence electrons. The van der Waals surface area contributed by atoms with Gasteiger partial charge in [-0.15, -0.1) is 0 Å². The second-order valence-electron chi connectivity index (χ2n) is 12.5. The second-order valence-corrected chi connectivity index (χ2v) is 12.5. The summed E-state index contributed by atoms with van der Waals surface area (Å²) in [5, 5.41) is 0. The molecule has 0 radical (unpaired) electrons. The number of rotatable bonds is 16. The second kappa shape index (κ2) is 16.8. The van der Waals surface area contributed by atoms with Crippen molar-refractivity contribution in [1.29, 1.82) is 0 Å². The standard InChI is InChI=1S/C40H42O10/c1-42-39-36(45-24-29-18-10-4-11-19-29)35(44-23-28-16-8-3-9-17-28)33(43-22-27-14-6-2-7-15-27)31(48-39)26-47-40-37-34(50-37)32(49-40)25-46-38(41)30-20-12-5-13-21-30/h2-21,31-37,39-40H,22-26H2,1H3/t31-,32-,33-,34+,35+,36+,37+,39+,40+/m1/s1. The number of esters is 1. The molecule has 9 atom stereocenters. The largest absolute Gasteiger partial charge is 0.459 e. The first-order valence-electron chi connectivity index (χ1n) is 17.0. The molecule has 10 heteroatoms. The van der Waals surface area contributed by atoms with Crippen LogP contribution in [0.15, 0.2) is 121 Å². The van der Waals surface area contributed by atoms with Gasteiger partial charge in [-0.3, -0.25) is 0 Å². The predicted molar refractivity (Wildman–Crippen MR) is 181 cm³/mol. The highest BCUT2D eigenvalue weighted by atomic mass is 16.8. The molecule has 3 aliphatic rings. The molecule has 0 aliphatic carbocycles. The molecule has 10 nitrogen and oxygen atoms in total. The zero-order valence-corrected chi connectivity index (χ0v) is 27.9. The van der Waals surface area contributed by atoms with Crippen molar-refractivity contribution >= 4 is 5.97 Å². The van der Waals surface area contributed by atoms with Crippen LogP contribution in [0.2, 0.25) is 0 Å². The van der Waals surface area contributed by atoms with Crippen LogP contribution >= 0.6 is 0 Å². The third kappa shape index (κ3) is 8.66. The SMILES string of the molecule is CO[C@H]1O[C@H](CO[C@H]2O[C@H](COC(=O)c3ccccc3)[C@@H]3O[C@H]23)[C@@H](OCc2ccccc2)[C@H](OCc2ccccc2)[C@@H]1OCc1ccccc1. The van der Waals surface area contributed by atoms with E-state index < -0.39 is 49.1 Å². The Kier molecular flexibility index (Phi) is 11.6. The summed E-state index contributed by atoms with van der Waals surface area (Å²) in [5.74, 6) is -0.416. The number of ether oxygens (including phenoxy) is 9. The molecule has 3 saturated heterocycles. The highest BCUT2D eigenvalue weighted by Gasteiger charge is 2.60. The summed E-state index contributed by atoms with van der Waals surface area (Å²) in [6.07, 6.45) is -4.81. The van der Waals surface area contributed by atoms with Gasteiger partial charge in [-0.25, -0.2) is 4.79 Å². The van der Waals surface area contributed by atoms with Crippen LogP contribution in [0, 0.1) is 0 Å². The maximum absolute atomic E-state index is 12.5. The Balaban J connectivity index is 1.06. The van der Waals surface area contributed by atoms with Crippen LogP contribution < -0.4 is 0 Å². The van der Waals surface area contributed by atoms with Crippen molar-refractivity contribution in [2.24, 2.45) is 0 Å². The van der Waals surface area contributed by atoms with E-state index in [1.807, 2.05) is 97.1 Å². The van der Waals surface area contributed by atoms with Crippen molar-refractivity contribution in [3.63, 3.8) is 0 Å². The molecular weight excluding hydrogens is 640 g/mol. The van der Waals surface area contributed by atoms with Gasteiger partial charge < -0.3 is 42.6 Å². The quantitative estimate of drug-likeness (QED) is 0.112. The smallest absolute Gasteiger partial charge is 0.338 e. The van der Waals surface area contributed by atoms with E-state index in [1.54, 1.807) is 31.4 Å². The third-order valence-electron chi connectivity index (χ3n) is 9.00. The molecule has 0 aromatic heterocycles. The summed E-state index contributed by atoms with van der Waals surface area (Å²) in [7, 11) is 1.59. The van der Waals surface area contributed by atoms with E-state index in [1.165, 1.54) is 0 Å². The Hall–Kier alpha value is -3.97. The lowest BCUT2D eigenvalue weighted by molar-refractivity contribution is -0.328. The fourth-order valence-corrected chi connectivity index (χ4v) is 6.32. The molecular formula is C40H42O10. The average molecular weight is 683 g/mol.